The van der Waals surface area contributed by atoms with Gasteiger partial charge in [0.1, 0.15) is 23.7 Å². The summed E-state index contributed by atoms with van der Waals surface area (Å²) < 4.78 is 7.21. The number of aromatic hydroxyl groups is 1. The van der Waals surface area contributed by atoms with Crippen LogP contribution in [0.4, 0.5) is 5.69 Å². The third-order valence-electron chi connectivity index (χ3n) is 4.48. The molecular weight excluding hydrogens is 378 g/mol. The molecule has 0 aliphatic carbocycles. The zero-order chi connectivity index (χ0) is 20.3. The van der Waals surface area contributed by atoms with E-state index in [1.54, 1.807) is 30.3 Å². The fourth-order valence-corrected chi connectivity index (χ4v) is 3.12. The fourth-order valence-electron chi connectivity index (χ4n) is 2.76. The molecule has 3 aromatic rings. The number of furan rings is 1. The Hall–Kier alpha value is -2.97. The van der Waals surface area contributed by atoms with Crippen LogP contribution in [0.25, 0.3) is 11.3 Å². The highest BCUT2D eigenvalue weighted by molar-refractivity contribution is 7.71. The van der Waals surface area contributed by atoms with Crippen molar-refractivity contribution >= 4 is 24.1 Å². The molecule has 0 bridgehead atoms. The third kappa shape index (κ3) is 3.97. The molecule has 0 fully saturated rings. The maximum atomic E-state index is 12.2. The first-order chi connectivity index (χ1) is 13.4. The van der Waals surface area contributed by atoms with Gasteiger partial charge in [0.15, 0.2) is 4.77 Å². The number of aromatic nitrogens is 2. The van der Waals surface area contributed by atoms with Crippen molar-refractivity contribution in [3.8, 4) is 17.2 Å². The number of rotatable bonds is 6. The Balaban J connectivity index is 1.97. The lowest BCUT2D eigenvalue weighted by molar-refractivity contribution is 0.248. The number of aliphatic imine (C=N–C) groups is 1. The molecule has 0 amide bonds. The summed E-state index contributed by atoms with van der Waals surface area (Å²) in [7, 11) is 0. The van der Waals surface area contributed by atoms with Crippen LogP contribution < -0.4 is 5.56 Å². The van der Waals surface area contributed by atoms with Crippen LogP contribution in [0.5, 0.6) is 5.88 Å². The Labute approximate surface area is 166 Å². The van der Waals surface area contributed by atoms with Crippen molar-refractivity contribution in [2.45, 2.75) is 32.9 Å². The van der Waals surface area contributed by atoms with E-state index in [1.807, 2.05) is 19.9 Å². The molecule has 0 radical (unpaired) electrons. The first kappa shape index (κ1) is 19.8. The van der Waals surface area contributed by atoms with Gasteiger partial charge in [-0.1, -0.05) is 19.1 Å². The number of aliphatic hydroxyl groups excluding tert-OH is 1. The van der Waals surface area contributed by atoms with Crippen molar-refractivity contribution in [2.24, 2.45) is 4.99 Å². The van der Waals surface area contributed by atoms with E-state index in [1.165, 1.54) is 10.8 Å². The highest BCUT2D eigenvalue weighted by Crippen LogP contribution is 2.26. The van der Waals surface area contributed by atoms with E-state index >= 15 is 0 Å². The van der Waals surface area contributed by atoms with Gasteiger partial charge >= 0.3 is 0 Å². The molecule has 1 unspecified atom stereocenters. The Morgan fingerprint density at radius 1 is 1.36 bits per heavy atom. The first-order valence-corrected chi connectivity index (χ1v) is 9.27. The predicted octanol–water partition coefficient (Wildman–Crippen LogP) is 4.09. The second-order valence-electron chi connectivity index (χ2n) is 6.36. The lowest BCUT2D eigenvalue weighted by Gasteiger charge is -2.16. The molecule has 3 rings (SSSR count). The molecule has 0 aliphatic heterocycles. The lowest BCUT2D eigenvalue weighted by Crippen LogP contribution is -2.20. The molecule has 7 nitrogen and oxygen atoms in total. The zero-order valence-electron chi connectivity index (χ0n) is 15.5. The number of hydrogen-bond donors (Lipinski definition) is 3. The Morgan fingerprint density at radius 2 is 2.14 bits per heavy atom. The number of aromatic amines is 1. The number of nitrogens with one attached hydrogen (secondary N) is 1. The highest BCUT2D eigenvalue weighted by Gasteiger charge is 2.14. The van der Waals surface area contributed by atoms with Gasteiger partial charge in [0.25, 0.3) is 5.56 Å². The molecule has 28 heavy (non-hydrogen) atoms. The minimum atomic E-state index is -0.499. The summed E-state index contributed by atoms with van der Waals surface area (Å²) in [5.41, 5.74) is 0.902. The Kier molecular flexibility index (Phi) is 5.91. The quantitative estimate of drug-likeness (QED) is 0.428. The molecule has 3 N–H and O–H groups in total. The van der Waals surface area contributed by atoms with Gasteiger partial charge in [-0.05, 0) is 49.8 Å². The number of nitrogens with zero attached hydrogens (tertiary/aromatic N) is 2. The normalized spacial score (nSPS) is 12.5. The monoisotopic (exact) mass is 399 g/mol. The van der Waals surface area contributed by atoms with Gasteiger partial charge < -0.3 is 14.6 Å². The minimum Gasteiger partial charge on any atom is -0.494 e. The van der Waals surface area contributed by atoms with Crippen LogP contribution in [0.15, 0.2) is 50.6 Å². The van der Waals surface area contributed by atoms with Crippen LogP contribution in [0, 0.1) is 4.77 Å². The summed E-state index contributed by atoms with van der Waals surface area (Å²) in [5, 5.41) is 19.7. The summed E-state index contributed by atoms with van der Waals surface area (Å²) in [5.74, 6) is 0.868. The molecule has 8 heteroatoms. The third-order valence-corrected chi connectivity index (χ3v) is 4.77. The molecule has 1 atom stereocenters. The molecular formula is C20H21N3O4S. The molecule has 2 heterocycles. The van der Waals surface area contributed by atoms with Crippen molar-refractivity contribution in [3.05, 3.63) is 62.8 Å². The van der Waals surface area contributed by atoms with E-state index in [9.17, 15) is 9.90 Å². The molecule has 0 aliphatic rings. The SMILES string of the molecule is CCC(C)n1c(O)c(C=Nc2cccc(-c3ccc(CO)o3)c2)c(=O)[nH]c1=S. The molecule has 0 spiro atoms. The Bertz CT molecular complexity index is 1130. The van der Waals surface area contributed by atoms with Crippen LogP contribution >= 0.6 is 12.2 Å². The average Bonchev–Trinajstić information content (AvgIpc) is 3.17. The average molecular weight is 399 g/mol. The van der Waals surface area contributed by atoms with Crippen LogP contribution in [-0.2, 0) is 6.61 Å². The van der Waals surface area contributed by atoms with Crippen LogP contribution in [0.1, 0.15) is 37.6 Å². The van der Waals surface area contributed by atoms with Crippen LogP contribution in [0.2, 0.25) is 0 Å². The van der Waals surface area contributed by atoms with E-state index in [4.69, 9.17) is 21.7 Å². The van der Waals surface area contributed by atoms with E-state index in [0.29, 0.717) is 17.2 Å². The summed E-state index contributed by atoms with van der Waals surface area (Å²) in [6.45, 7) is 3.70. The Morgan fingerprint density at radius 3 is 2.82 bits per heavy atom. The van der Waals surface area contributed by atoms with Crippen molar-refractivity contribution < 1.29 is 14.6 Å². The number of hydrogen-bond acceptors (Lipinski definition) is 6. The standard InChI is InChI=1S/C20H21N3O4S/c1-3-12(2)23-19(26)16(18(25)22-20(23)28)10-21-14-6-4-5-13(9-14)17-8-7-15(11-24)27-17/h4-10,12,24,26H,3,11H2,1-2H3,(H,22,25,28). The highest BCUT2D eigenvalue weighted by atomic mass is 32.1. The summed E-state index contributed by atoms with van der Waals surface area (Å²) >= 11 is 5.16. The van der Waals surface area contributed by atoms with Crippen molar-refractivity contribution in [3.63, 3.8) is 0 Å². The van der Waals surface area contributed by atoms with Crippen molar-refractivity contribution in [1.82, 2.24) is 9.55 Å². The maximum absolute atomic E-state index is 12.2. The van der Waals surface area contributed by atoms with Gasteiger partial charge in [-0.2, -0.15) is 0 Å². The van der Waals surface area contributed by atoms with E-state index < -0.39 is 5.56 Å². The number of benzene rings is 1. The molecule has 2 aromatic heterocycles. The van der Waals surface area contributed by atoms with Gasteiger partial charge in [0, 0.05) is 17.8 Å². The largest absolute Gasteiger partial charge is 0.494 e. The smallest absolute Gasteiger partial charge is 0.264 e. The van der Waals surface area contributed by atoms with Gasteiger partial charge in [0.2, 0.25) is 5.88 Å². The second kappa shape index (κ2) is 8.37. The van der Waals surface area contributed by atoms with Gasteiger partial charge in [-0.25, -0.2) is 0 Å². The zero-order valence-corrected chi connectivity index (χ0v) is 16.4. The van der Waals surface area contributed by atoms with E-state index in [0.717, 1.165) is 12.0 Å². The lowest BCUT2D eigenvalue weighted by atomic mass is 10.1. The molecule has 146 valence electrons. The van der Waals surface area contributed by atoms with Crippen LogP contribution in [-0.4, -0.2) is 26.0 Å². The number of aliphatic hydroxyl groups is 1. The summed E-state index contributed by atoms with van der Waals surface area (Å²) in [4.78, 5) is 19.1. The van der Waals surface area contributed by atoms with E-state index in [2.05, 4.69) is 9.98 Å². The van der Waals surface area contributed by atoms with Crippen molar-refractivity contribution in [1.29, 1.82) is 0 Å². The summed E-state index contributed by atoms with van der Waals surface area (Å²) in [6.07, 6.45) is 2.06. The van der Waals surface area contributed by atoms with Gasteiger partial charge in [0.05, 0.1) is 5.69 Å². The number of H-pyrrole nitrogens is 1. The predicted molar refractivity (Wildman–Crippen MR) is 110 cm³/mol. The van der Waals surface area contributed by atoms with Crippen LogP contribution in [0.3, 0.4) is 0 Å². The first-order valence-electron chi connectivity index (χ1n) is 8.86. The van der Waals surface area contributed by atoms with Crippen molar-refractivity contribution in [2.75, 3.05) is 0 Å². The maximum Gasteiger partial charge on any atom is 0.264 e. The summed E-state index contributed by atoms with van der Waals surface area (Å²) in [6, 6.07) is 10.6. The molecule has 0 saturated heterocycles. The minimum absolute atomic E-state index is 0.0415. The fraction of sp³-hybridized carbons (Fsp3) is 0.250. The van der Waals surface area contributed by atoms with Gasteiger partial charge in [-0.3, -0.25) is 19.3 Å². The van der Waals surface area contributed by atoms with E-state index in [-0.39, 0.29) is 28.9 Å². The van der Waals surface area contributed by atoms with Gasteiger partial charge in [-0.15, -0.1) is 0 Å². The topological polar surface area (TPSA) is 104 Å². The second-order valence-corrected chi connectivity index (χ2v) is 6.74. The molecule has 1 aromatic carbocycles. The molecule has 0 saturated carbocycles.